The number of benzene rings is 9. The zero-order valence-corrected chi connectivity index (χ0v) is 34.6. The van der Waals surface area contributed by atoms with Gasteiger partial charge in [0.1, 0.15) is 0 Å². The van der Waals surface area contributed by atoms with Crippen LogP contribution >= 0.6 is 0 Å². The van der Waals surface area contributed by atoms with E-state index in [4.69, 9.17) is 0 Å². The van der Waals surface area contributed by atoms with Gasteiger partial charge in [-0.25, -0.2) is 0 Å². The third kappa shape index (κ3) is 8.28. The molecule has 0 amide bonds. The quantitative estimate of drug-likeness (QED) is 0.129. The second kappa shape index (κ2) is 17.7. The lowest BCUT2D eigenvalue weighted by Gasteiger charge is -2.26. The lowest BCUT2D eigenvalue weighted by atomic mass is 9.90. The molecule has 0 bridgehead atoms. The molecule has 0 radical (unpaired) electrons. The van der Waals surface area contributed by atoms with Crippen LogP contribution in [0.25, 0.3) is 44.5 Å². The first-order valence-corrected chi connectivity index (χ1v) is 21.5. The zero-order chi connectivity index (χ0) is 41.5. The topological polar surface area (TPSA) is 6.48 Å². The van der Waals surface area contributed by atoms with Crippen molar-refractivity contribution in [3.05, 3.63) is 266 Å². The molecule has 296 valence electrons. The Balaban J connectivity index is 0.919. The zero-order valence-electron chi connectivity index (χ0n) is 34.6. The highest BCUT2D eigenvalue weighted by molar-refractivity contribution is 5.84. The predicted octanol–water partition coefficient (Wildman–Crippen LogP) is 16.9. The molecule has 0 saturated carbocycles. The largest absolute Gasteiger partial charge is 0.311 e. The summed E-state index contributed by atoms with van der Waals surface area (Å²) in [5.74, 6) is 0. The maximum atomic E-state index is 2.34. The van der Waals surface area contributed by atoms with E-state index < -0.39 is 0 Å². The summed E-state index contributed by atoms with van der Waals surface area (Å²) in [6, 6.07) is 87.1. The molecule has 0 aliphatic heterocycles. The van der Waals surface area contributed by atoms with Crippen molar-refractivity contribution in [3.63, 3.8) is 0 Å². The second-order valence-electron chi connectivity index (χ2n) is 15.7. The number of rotatable bonds is 11. The molecule has 1 aliphatic rings. The highest BCUT2D eigenvalue weighted by Gasteiger charge is 2.17. The monoisotopic (exact) mass is 794 g/mol. The van der Waals surface area contributed by atoms with Gasteiger partial charge in [0.25, 0.3) is 0 Å². The summed E-state index contributed by atoms with van der Waals surface area (Å²) in [4.78, 5) is 4.67. The Morgan fingerprint density at radius 3 is 0.694 bits per heavy atom. The Bertz CT molecular complexity index is 2840. The molecule has 2 nitrogen and oxygen atoms in total. The fourth-order valence-corrected chi connectivity index (χ4v) is 8.54. The van der Waals surface area contributed by atoms with Gasteiger partial charge in [0.2, 0.25) is 0 Å². The number of para-hydroxylation sites is 1. The van der Waals surface area contributed by atoms with E-state index in [2.05, 4.69) is 265 Å². The van der Waals surface area contributed by atoms with Crippen LogP contribution in [0.5, 0.6) is 0 Å². The maximum Gasteiger partial charge on any atom is 0.0462 e. The fourth-order valence-electron chi connectivity index (χ4n) is 8.54. The molecule has 0 aromatic heterocycles. The second-order valence-corrected chi connectivity index (χ2v) is 15.7. The summed E-state index contributed by atoms with van der Waals surface area (Å²) in [7, 11) is 0. The van der Waals surface area contributed by atoms with Gasteiger partial charge in [-0.05, 0) is 141 Å². The van der Waals surface area contributed by atoms with E-state index >= 15 is 0 Å². The summed E-state index contributed by atoms with van der Waals surface area (Å²) >= 11 is 0. The van der Waals surface area contributed by atoms with Crippen LogP contribution in [0.15, 0.2) is 255 Å². The highest BCUT2D eigenvalue weighted by Crippen LogP contribution is 2.40. The summed E-state index contributed by atoms with van der Waals surface area (Å²) in [6.45, 7) is 0. The van der Waals surface area contributed by atoms with E-state index in [1.54, 1.807) is 0 Å². The first-order valence-electron chi connectivity index (χ1n) is 21.5. The molecule has 0 N–H and O–H groups in total. The molecule has 0 spiro atoms. The van der Waals surface area contributed by atoms with Crippen LogP contribution in [-0.2, 0) is 0 Å². The smallest absolute Gasteiger partial charge is 0.0462 e. The van der Waals surface area contributed by atoms with Crippen LogP contribution < -0.4 is 9.80 Å². The lowest BCUT2D eigenvalue weighted by molar-refractivity contribution is 1.07. The van der Waals surface area contributed by atoms with Crippen LogP contribution in [-0.4, -0.2) is 0 Å². The molecule has 0 atom stereocenters. The van der Waals surface area contributed by atoms with Gasteiger partial charge in [-0.2, -0.15) is 0 Å². The Hall–Kier alpha value is -7.94. The summed E-state index contributed by atoms with van der Waals surface area (Å²) in [6.07, 6.45) is 6.67. The molecular formula is C60H46N2. The molecule has 0 unspecified atom stereocenters. The molecule has 0 fully saturated rings. The Morgan fingerprint density at radius 1 is 0.194 bits per heavy atom. The lowest BCUT2D eigenvalue weighted by Crippen LogP contribution is -2.10. The maximum absolute atomic E-state index is 2.34. The molecule has 10 rings (SSSR count). The molecular weight excluding hydrogens is 749 g/mol. The van der Waals surface area contributed by atoms with E-state index in [0.29, 0.717) is 0 Å². The van der Waals surface area contributed by atoms with Crippen molar-refractivity contribution in [2.75, 3.05) is 9.80 Å². The van der Waals surface area contributed by atoms with Crippen molar-refractivity contribution in [1.29, 1.82) is 0 Å². The minimum atomic E-state index is 1.03. The molecule has 2 heteroatoms. The summed E-state index contributed by atoms with van der Waals surface area (Å²) < 4.78 is 0. The van der Waals surface area contributed by atoms with Crippen LogP contribution in [0.3, 0.4) is 0 Å². The van der Waals surface area contributed by atoms with Gasteiger partial charge in [-0.15, -0.1) is 0 Å². The Labute approximate surface area is 365 Å². The van der Waals surface area contributed by atoms with Gasteiger partial charge in [0.15, 0.2) is 0 Å². The van der Waals surface area contributed by atoms with Gasteiger partial charge < -0.3 is 9.80 Å². The average molecular weight is 795 g/mol. The van der Waals surface area contributed by atoms with Crippen molar-refractivity contribution < 1.29 is 0 Å². The van der Waals surface area contributed by atoms with Crippen molar-refractivity contribution in [1.82, 2.24) is 0 Å². The fraction of sp³-hybridized carbons (Fsp3) is 0.0333. The van der Waals surface area contributed by atoms with Crippen LogP contribution in [0, 0.1) is 0 Å². The van der Waals surface area contributed by atoms with Crippen molar-refractivity contribution >= 4 is 45.3 Å². The van der Waals surface area contributed by atoms with Gasteiger partial charge in [-0.3, -0.25) is 0 Å². The van der Waals surface area contributed by atoms with Crippen molar-refractivity contribution in [3.8, 4) is 33.4 Å². The Morgan fingerprint density at radius 2 is 0.403 bits per heavy atom. The van der Waals surface area contributed by atoms with Gasteiger partial charge >= 0.3 is 0 Å². The standard InChI is InChI=1S/C60H46N2/c1-5-13-45(14-6-1)48-21-23-49(24-22-48)52-29-39-56(40-30-52)61(55-19-11-4-12-20-55)57-41-31-53(32-42-57)54-33-43-60(44-34-54)62(58-35-25-50(26-36-58)46-15-7-2-8-16-46)59-37-27-51(28-38-59)47-17-9-3-10-18-47/h1-21,23,25-44H,22,24H2. The molecule has 0 heterocycles. The van der Waals surface area contributed by atoms with E-state index in [0.717, 1.165) is 47.0 Å². The summed E-state index contributed by atoms with van der Waals surface area (Å²) in [5, 5.41) is 0. The van der Waals surface area contributed by atoms with Crippen LogP contribution in [0.4, 0.5) is 34.1 Å². The number of allylic oxidation sites excluding steroid dienone is 4. The SMILES string of the molecule is C1=C(c2ccccc2)CCC(c2ccc(N(c3ccccc3)c3ccc(-c4ccc(N(c5ccc(-c6ccccc6)cc5)c5ccc(-c6ccccc6)cc5)cc4)cc3)cc2)=C1. The summed E-state index contributed by atoms with van der Waals surface area (Å²) in [5.41, 5.74) is 19.2. The van der Waals surface area contributed by atoms with E-state index in [1.807, 2.05) is 0 Å². The number of anilines is 6. The highest BCUT2D eigenvalue weighted by atomic mass is 15.1. The average Bonchev–Trinajstić information content (AvgIpc) is 3.36. The van der Waals surface area contributed by atoms with Crippen LogP contribution in [0.1, 0.15) is 24.0 Å². The Kier molecular flexibility index (Phi) is 10.9. The molecule has 0 saturated heterocycles. The van der Waals surface area contributed by atoms with E-state index in [1.165, 1.54) is 55.7 Å². The third-order valence-corrected chi connectivity index (χ3v) is 11.9. The molecule has 62 heavy (non-hydrogen) atoms. The normalized spacial score (nSPS) is 12.3. The van der Waals surface area contributed by atoms with E-state index in [-0.39, 0.29) is 0 Å². The third-order valence-electron chi connectivity index (χ3n) is 11.9. The van der Waals surface area contributed by atoms with Gasteiger partial charge in [-0.1, -0.05) is 182 Å². The van der Waals surface area contributed by atoms with Crippen molar-refractivity contribution in [2.24, 2.45) is 0 Å². The predicted molar refractivity (Wildman–Crippen MR) is 264 cm³/mol. The minimum Gasteiger partial charge on any atom is -0.311 e. The van der Waals surface area contributed by atoms with Gasteiger partial charge in [0.05, 0.1) is 0 Å². The van der Waals surface area contributed by atoms with Crippen molar-refractivity contribution in [2.45, 2.75) is 12.8 Å². The molecule has 1 aliphatic carbocycles. The minimum absolute atomic E-state index is 1.03. The van der Waals surface area contributed by atoms with Crippen LogP contribution in [0.2, 0.25) is 0 Å². The molecule has 9 aromatic rings. The first kappa shape index (κ1) is 38.3. The number of hydrogen-bond acceptors (Lipinski definition) is 2. The first-order chi connectivity index (χ1) is 30.7. The molecule has 9 aromatic carbocycles. The number of hydrogen-bond donors (Lipinski definition) is 0. The van der Waals surface area contributed by atoms with Gasteiger partial charge in [0, 0.05) is 34.1 Å². The van der Waals surface area contributed by atoms with E-state index in [9.17, 15) is 0 Å². The number of nitrogens with zero attached hydrogens (tertiary/aromatic N) is 2.